The summed E-state index contributed by atoms with van der Waals surface area (Å²) in [4.78, 5) is 42.7. The number of carbonyl (C=O) groups is 3. The fourth-order valence-corrected chi connectivity index (χ4v) is 6.34. The molecular weight excluding hydrogens is 516 g/mol. The Bertz CT molecular complexity index is 1030. The van der Waals surface area contributed by atoms with Crippen LogP contribution in [0.1, 0.15) is 66.5 Å². The number of hydrogen-bond acceptors (Lipinski definition) is 7. The van der Waals surface area contributed by atoms with Crippen LogP contribution in [0.5, 0.6) is 0 Å². The van der Waals surface area contributed by atoms with E-state index in [-0.39, 0.29) is 17.7 Å². The molecule has 0 radical (unpaired) electrons. The number of benzene rings is 1. The number of ether oxygens (including phenoxy) is 3. The SMILES string of the molecule is CO[C@H]([C@@H](C)C(=O)N1C(=O)OCC1c1ccccc1)[C@@H]1C[C@@H](O[Si](C)(C)C(C)(C)C)CN1C(=O)OC(C)(C)C. The van der Waals surface area contributed by atoms with Crippen molar-refractivity contribution in [2.45, 2.75) is 103 Å². The Labute approximate surface area is 234 Å². The molecule has 2 heterocycles. The predicted molar refractivity (Wildman–Crippen MR) is 151 cm³/mol. The summed E-state index contributed by atoms with van der Waals surface area (Å²) in [7, 11) is -0.609. The van der Waals surface area contributed by atoms with E-state index < -0.39 is 56.1 Å². The summed E-state index contributed by atoms with van der Waals surface area (Å²) in [6.07, 6.45) is -1.57. The van der Waals surface area contributed by atoms with Gasteiger partial charge in [-0.2, -0.15) is 0 Å². The van der Waals surface area contributed by atoms with Crippen LogP contribution in [0.4, 0.5) is 9.59 Å². The van der Waals surface area contributed by atoms with E-state index in [9.17, 15) is 14.4 Å². The van der Waals surface area contributed by atoms with Crippen molar-refractivity contribution in [3.8, 4) is 0 Å². The van der Waals surface area contributed by atoms with Crippen LogP contribution in [0.25, 0.3) is 0 Å². The van der Waals surface area contributed by atoms with Gasteiger partial charge in [-0.05, 0) is 50.9 Å². The highest BCUT2D eigenvalue weighted by atomic mass is 28.4. The Hall–Kier alpha value is -2.43. The van der Waals surface area contributed by atoms with Crippen molar-refractivity contribution < 1.29 is 33.0 Å². The van der Waals surface area contributed by atoms with E-state index in [4.69, 9.17) is 18.6 Å². The monoisotopic (exact) mass is 562 g/mol. The lowest BCUT2D eigenvalue weighted by Gasteiger charge is -2.38. The zero-order chi connectivity index (χ0) is 29.3. The standard InChI is InChI=1S/C29H46N2O7Si/c1-19(25(32)31-23(18-36-27(31)34)20-14-12-11-13-15-20)24(35-8)22-16-21(38-39(9,10)29(5,6)7)17-30(22)26(33)37-28(2,3)4/h11-15,19,21-24H,16-18H2,1-10H3/t19-,21-,22+,23?,24-/m1/s1. The topological polar surface area (TPSA) is 94.6 Å². The van der Waals surface area contributed by atoms with E-state index in [2.05, 4.69) is 33.9 Å². The Morgan fingerprint density at radius 1 is 1.08 bits per heavy atom. The molecule has 1 aromatic carbocycles. The van der Waals surface area contributed by atoms with Gasteiger partial charge in [-0.15, -0.1) is 0 Å². The third-order valence-corrected chi connectivity index (χ3v) is 12.6. The van der Waals surface area contributed by atoms with E-state index >= 15 is 0 Å². The molecule has 0 aromatic heterocycles. The maximum atomic E-state index is 13.8. The fraction of sp³-hybridized carbons (Fsp3) is 0.690. The van der Waals surface area contributed by atoms with Gasteiger partial charge in [-0.1, -0.05) is 58.0 Å². The summed E-state index contributed by atoms with van der Waals surface area (Å²) in [5.41, 5.74) is 0.128. The molecule has 0 aliphatic carbocycles. The molecule has 218 valence electrons. The maximum Gasteiger partial charge on any atom is 0.417 e. The number of carbonyl (C=O) groups excluding carboxylic acids is 3. The van der Waals surface area contributed by atoms with Crippen LogP contribution in [-0.4, -0.2) is 80.3 Å². The van der Waals surface area contributed by atoms with Crippen molar-refractivity contribution >= 4 is 26.4 Å². The molecule has 2 fully saturated rings. The molecule has 0 spiro atoms. The second-order valence-electron chi connectivity index (χ2n) is 13.1. The quantitative estimate of drug-likeness (QED) is 0.390. The van der Waals surface area contributed by atoms with Gasteiger partial charge >= 0.3 is 12.2 Å². The van der Waals surface area contributed by atoms with Gasteiger partial charge < -0.3 is 18.6 Å². The Balaban J connectivity index is 1.89. The molecule has 1 aromatic rings. The summed E-state index contributed by atoms with van der Waals surface area (Å²) in [5, 5.41) is -0.00564. The molecule has 3 amide bonds. The number of hydrogen-bond donors (Lipinski definition) is 0. The number of rotatable bonds is 7. The van der Waals surface area contributed by atoms with E-state index in [0.29, 0.717) is 13.0 Å². The number of nitrogens with zero attached hydrogens (tertiary/aromatic N) is 2. The minimum atomic E-state index is -2.14. The second kappa shape index (κ2) is 11.6. The molecule has 9 nitrogen and oxygen atoms in total. The highest BCUT2D eigenvalue weighted by Crippen LogP contribution is 2.40. The average Bonchev–Trinajstić information content (AvgIpc) is 3.41. The Kier molecular flexibility index (Phi) is 9.24. The molecule has 0 N–H and O–H groups in total. The molecule has 10 heteroatoms. The van der Waals surface area contributed by atoms with Gasteiger partial charge in [0.2, 0.25) is 5.91 Å². The van der Waals surface area contributed by atoms with Crippen LogP contribution in [-0.2, 0) is 23.4 Å². The largest absolute Gasteiger partial charge is 0.446 e. The second-order valence-corrected chi connectivity index (χ2v) is 17.9. The molecular formula is C29H46N2O7Si. The Morgan fingerprint density at radius 3 is 2.23 bits per heavy atom. The van der Waals surface area contributed by atoms with Crippen molar-refractivity contribution in [2.24, 2.45) is 5.92 Å². The van der Waals surface area contributed by atoms with Gasteiger partial charge in [0.05, 0.1) is 24.2 Å². The molecule has 0 saturated carbocycles. The lowest BCUT2D eigenvalue weighted by atomic mass is 9.93. The van der Waals surface area contributed by atoms with Gasteiger partial charge in [0.25, 0.3) is 0 Å². The van der Waals surface area contributed by atoms with E-state index in [1.54, 1.807) is 11.8 Å². The highest BCUT2D eigenvalue weighted by Gasteiger charge is 2.50. The van der Waals surface area contributed by atoms with Gasteiger partial charge in [0.15, 0.2) is 8.32 Å². The Morgan fingerprint density at radius 2 is 1.69 bits per heavy atom. The van der Waals surface area contributed by atoms with Crippen molar-refractivity contribution in [3.63, 3.8) is 0 Å². The zero-order valence-corrected chi connectivity index (χ0v) is 26.1. The molecule has 2 aliphatic heterocycles. The number of likely N-dealkylation sites (tertiary alicyclic amines) is 1. The summed E-state index contributed by atoms with van der Waals surface area (Å²) in [5.74, 6) is -1.15. The number of methoxy groups -OCH3 is 1. The van der Waals surface area contributed by atoms with Crippen LogP contribution in [0.3, 0.4) is 0 Å². The summed E-state index contributed by atoms with van der Waals surface area (Å²) < 4.78 is 23.6. The van der Waals surface area contributed by atoms with E-state index in [1.165, 1.54) is 12.0 Å². The molecule has 1 unspecified atom stereocenters. The third-order valence-electron chi connectivity index (χ3n) is 8.03. The number of amides is 3. The number of imide groups is 1. The summed E-state index contributed by atoms with van der Waals surface area (Å²) >= 11 is 0. The van der Waals surface area contributed by atoms with Gasteiger partial charge in [-0.3, -0.25) is 9.69 Å². The summed E-state index contributed by atoms with van der Waals surface area (Å²) in [6.45, 7) is 18.5. The first-order valence-electron chi connectivity index (χ1n) is 13.7. The number of cyclic esters (lactones) is 1. The summed E-state index contributed by atoms with van der Waals surface area (Å²) in [6, 6.07) is 8.35. The van der Waals surface area contributed by atoms with E-state index in [0.717, 1.165) is 5.56 Å². The van der Waals surface area contributed by atoms with Crippen LogP contribution >= 0.6 is 0 Å². The minimum Gasteiger partial charge on any atom is -0.446 e. The van der Waals surface area contributed by atoms with Crippen molar-refractivity contribution in [1.82, 2.24) is 9.80 Å². The molecule has 2 aliphatic rings. The first kappa shape index (κ1) is 31.1. The molecule has 5 atom stereocenters. The molecule has 39 heavy (non-hydrogen) atoms. The van der Waals surface area contributed by atoms with Crippen LogP contribution in [0.2, 0.25) is 18.1 Å². The third kappa shape index (κ3) is 7.02. The first-order valence-corrected chi connectivity index (χ1v) is 16.6. The molecule has 0 bridgehead atoms. The van der Waals surface area contributed by atoms with Crippen molar-refractivity contribution in [3.05, 3.63) is 35.9 Å². The van der Waals surface area contributed by atoms with Gasteiger partial charge in [0.1, 0.15) is 18.2 Å². The smallest absolute Gasteiger partial charge is 0.417 e. The van der Waals surface area contributed by atoms with Gasteiger partial charge in [0, 0.05) is 13.7 Å². The van der Waals surface area contributed by atoms with Crippen molar-refractivity contribution in [2.75, 3.05) is 20.3 Å². The lowest BCUT2D eigenvalue weighted by Crippen LogP contribution is -2.51. The average molecular weight is 563 g/mol. The fourth-order valence-electron chi connectivity index (χ4n) is 4.99. The minimum absolute atomic E-state index is 0.00564. The van der Waals surface area contributed by atoms with Gasteiger partial charge in [-0.25, -0.2) is 14.5 Å². The van der Waals surface area contributed by atoms with Crippen LogP contribution in [0.15, 0.2) is 30.3 Å². The highest BCUT2D eigenvalue weighted by molar-refractivity contribution is 6.74. The zero-order valence-electron chi connectivity index (χ0n) is 25.1. The normalized spacial score (nSPS) is 23.9. The first-order chi connectivity index (χ1) is 18.0. The molecule has 3 rings (SSSR count). The maximum absolute atomic E-state index is 13.8. The molecule has 2 saturated heterocycles. The van der Waals surface area contributed by atoms with Crippen LogP contribution in [0, 0.1) is 5.92 Å². The lowest BCUT2D eigenvalue weighted by molar-refractivity contribution is -0.139. The van der Waals surface area contributed by atoms with E-state index in [1.807, 2.05) is 51.1 Å². The van der Waals surface area contributed by atoms with Crippen LogP contribution < -0.4 is 0 Å². The predicted octanol–water partition coefficient (Wildman–Crippen LogP) is 5.76. The van der Waals surface area contributed by atoms with Crippen molar-refractivity contribution in [1.29, 1.82) is 0 Å².